The molecule has 0 aliphatic heterocycles. The number of nitrogens with two attached hydrogens (primary N) is 1. The number of hydrogen-bond acceptors (Lipinski definition) is 5. The predicted molar refractivity (Wildman–Crippen MR) is 51.9 cm³/mol. The van der Waals surface area contributed by atoms with Crippen LogP contribution in [-0.2, 0) is 4.79 Å². The fraction of sp³-hybridized carbons (Fsp3) is 0.333. The summed E-state index contributed by atoms with van der Waals surface area (Å²) >= 11 is 0. The quantitative estimate of drug-likeness (QED) is 0.739. The van der Waals surface area contributed by atoms with Crippen LogP contribution in [0.5, 0.6) is 11.8 Å². The molecule has 1 aromatic heterocycles. The van der Waals surface area contributed by atoms with E-state index in [4.69, 9.17) is 20.3 Å². The fourth-order valence-electron chi connectivity index (χ4n) is 1.03. The van der Waals surface area contributed by atoms with Crippen molar-refractivity contribution < 1.29 is 19.4 Å². The van der Waals surface area contributed by atoms with Gasteiger partial charge in [0.1, 0.15) is 6.04 Å². The lowest BCUT2D eigenvalue weighted by Crippen LogP contribution is -2.20. The summed E-state index contributed by atoms with van der Waals surface area (Å²) < 4.78 is 9.78. The van der Waals surface area contributed by atoms with Crippen molar-refractivity contribution in [1.29, 1.82) is 0 Å². The Labute approximate surface area is 86.6 Å². The molecule has 0 amide bonds. The van der Waals surface area contributed by atoms with E-state index in [1.54, 1.807) is 0 Å². The van der Waals surface area contributed by atoms with Gasteiger partial charge < -0.3 is 20.3 Å². The van der Waals surface area contributed by atoms with Crippen molar-refractivity contribution in [3.63, 3.8) is 0 Å². The summed E-state index contributed by atoms with van der Waals surface area (Å²) in [6, 6.07) is 1.80. The third-order valence-corrected chi connectivity index (χ3v) is 1.84. The maximum Gasteiger partial charge on any atom is 0.325 e. The molecule has 1 aromatic rings. The van der Waals surface area contributed by atoms with Gasteiger partial charge >= 0.3 is 5.97 Å². The lowest BCUT2D eigenvalue weighted by Gasteiger charge is -2.09. The second kappa shape index (κ2) is 4.61. The molecule has 0 aromatic carbocycles. The molecule has 0 bridgehead atoms. The molecule has 0 spiro atoms. The van der Waals surface area contributed by atoms with Gasteiger partial charge in [-0.25, -0.2) is 0 Å². The van der Waals surface area contributed by atoms with Gasteiger partial charge in [0.05, 0.1) is 14.2 Å². The molecule has 0 saturated heterocycles. The van der Waals surface area contributed by atoms with E-state index < -0.39 is 12.0 Å². The number of ether oxygens (including phenoxy) is 2. The van der Waals surface area contributed by atoms with E-state index in [1.165, 1.54) is 26.4 Å². The van der Waals surface area contributed by atoms with E-state index >= 15 is 0 Å². The van der Waals surface area contributed by atoms with Gasteiger partial charge in [-0.3, -0.25) is 4.79 Å². The minimum absolute atomic E-state index is 0.265. The van der Waals surface area contributed by atoms with Crippen molar-refractivity contribution >= 4 is 5.97 Å². The van der Waals surface area contributed by atoms with Gasteiger partial charge in [-0.05, 0) is 5.56 Å². The van der Waals surface area contributed by atoms with Crippen LogP contribution in [0.15, 0.2) is 12.1 Å². The van der Waals surface area contributed by atoms with Crippen LogP contribution < -0.4 is 15.2 Å². The van der Waals surface area contributed by atoms with Crippen molar-refractivity contribution in [3.8, 4) is 11.8 Å². The zero-order valence-corrected chi connectivity index (χ0v) is 8.43. The Morgan fingerprint density at radius 3 is 2.20 bits per heavy atom. The van der Waals surface area contributed by atoms with E-state index in [0.717, 1.165) is 0 Å². The Morgan fingerprint density at radius 2 is 1.87 bits per heavy atom. The van der Waals surface area contributed by atoms with Crippen LogP contribution in [-0.4, -0.2) is 30.3 Å². The van der Waals surface area contributed by atoms with Crippen LogP contribution in [0.4, 0.5) is 0 Å². The Balaban J connectivity index is 3.11. The zero-order valence-electron chi connectivity index (χ0n) is 8.43. The minimum atomic E-state index is -1.12. The van der Waals surface area contributed by atoms with E-state index in [-0.39, 0.29) is 11.8 Å². The van der Waals surface area contributed by atoms with Gasteiger partial charge in [-0.2, -0.15) is 4.98 Å². The summed E-state index contributed by atoms with van der Waals surface area (Å²) in [4.78, 5) is 14.6. The van der Waals surface area contributed by atoms with Gasteiger partial charge in [0.2, 0.25) is 11.8 Å². The summed E-state index contributed by atoms with van der Waals surface area (Å²) in [7, 11) is 2.86. The molecule has 1 heterocycles. The number of methoxy groups -OCH3 is 2. The highest BCUT2D eigenvalue weighted by molar-refractivity contribution is 5.75. The molecule has 6 nitrogen and oxygen atoms in total. The Morgan fingerprint density at radius 1 is 1.40 bits per heavy atom. The van der Waals surface area contributed by atoms with Crippen molar-refractivity contribution in [2.45, 2.75) is 6.04 Å². The lowest BCUT2D eigenvalue weighted by atomic mass is 10.1. The zero-order chi connectivity index (χ0) is 11.4. The number of carboxylic acid groups (broad SMARTS) is 1. The number of aromatic nitrogens is 1. The van der Waals surface area contributed by atoms with Gasteiger partial charge in [0, 0.05) is 12.1 Å². The van der Waals surface area contributed by atoms with Gasteiger partial charge in [0.15, 0.2) is 0 Å². The van der Waals surface area contributed by atoms with E-state index in [2.05, 4.69) is 4.98 Å². The molecule has 3 N–H and O–H groups in total. The van der Waals surface area contributed by atoms with Crippen LogP contribution in [0.25, 0.3) is 0 Å². The van der Waals surface area contributed by atoms with Crippen molar-refractivity contribution in [1.82, 2.24) is 4.98 Å². The Kier molecular flexibility index (Phi) is 3.46. The highest BCUT2D eigenvalue weighted by Crippen LogP contribution is 2.21. The molecule has 82 valence electrons. The third-order valence-electron chi connectivity index (χ3n) is 1.84. The molecule has 1 unspecified atom stereocenters. The molecule has 0 aliphatic rings. The van der Waals surface area contributed by atoms with Crippen molar-refractivity contribution in [2.24, 2.45) is 5.73 Å². The summed E-state index contributed by atoms with van der Waals surface area (Å²) in [6.07, 6.45) is 0. The number of nitrogens with zero attached hydrogens (tertiary/aromatic N) is 1. The van der Waals surface area contributed by atoms with Gasteiger partial charge in [-0.1, -0.05) is 0 Å². The van der Waals surface area contributed by atoms with Crippen LogP contribution >= 0.6 is 0 Å². The van der Waals surface area contributed by atoms with Crippen molar-refractivity contribution in [2.75, 3.05) is 14.2 Å². The second-order valence-electron chi connectivity index (χ2n) is 2.80. The second-order valence-corrected chi connectivity index (χ2v) is 2.80. The fourth-order valence-corrected chi connectivity index (χ4v) is 1.03. The number of pyridine rings is 1. The van der Waals surface area contributed by atoms with E-state index in [1.807, 2.05) is 0 Å². The number of aliphatic carboxylic acids is 1. The van der Waals surface area contributed by atoms with E-state index in [0.29, 0.717) is 5.56 Å². The summed E-state index contributed by atoms with van der Waals surface area (Å²) in [5.74, 6) is -0.590. The molecular weight excluding hydrogens is 200 g/mol. The monoisotopic (exact) mass is 212 g/mol. The predicted octanol–water partition coefficient (Wildman–Crippen LogP) is 0.183. The van der Waals surface area contributed by atoms with Crippen molar-refractivity contribution in [3.05, 3.63) is 17.7 Å². The average Bonchev–Trinajstić information content (AvgIpc) is 2.27. The first-order valence-corrected chi connectivity index (χ1v) is 4.17. The van der Waals surface area contributed by atoms with Crippen LogP contribution in [0.1, 0.15) is 11.6 Å². The van der Waals surface area contributed by atoms with Gasteiger partial charge in [-0.15, -0.1) is 0 Å². The molecule has 6 heteroatoms. The van der Waals surface area contributed by atoms with Crippen LogP contribution in [0, 0.1) is 0 Å². The molecule has 0 saturated carbocycles. The molecular formula is C9H12N2O4. The number of hydrogen-bond donors (Lipinski definition) is 2. The minimum Gasteiger partial charge on any atom is -0.481 e. The first-order chi connectivity index (χ1) is 7.08. The Hall–Kier alpha value is -1.82. The highest BCUT2D eigenvalue weighted by atomic mass is 16.5. The number of carboxylic acids is 1. The first kappa shape index (κ1) is 11.3. The summed E-state index contributed by atoms with van der Waals surface area (Å²) in [5.41, 5.74) is 5.83. The smallest absolute Gasteiger partial charge is 0.325 e. The average molecular weight is 212 g/mol. The Bertz CT molecular complexity index is 345. The maximum atomic E-state index is 10.7. The molecule has 1 atom stereocenters. The van der Waals surface area contributed by atoms with Gasteiger partial charge in [0.25, 0.3) is 0 Å². The maximum absolute atomic E-state index is 10.7. The molecule has 0 fully saturated rings. The SMILES string of the molecule is COc1cc(C(N)C(=O)O)cc(OC)n1. The first-order valence-electron chi connectivity index (χ1n) is 4.17. The molecule has 0 radical (unpaired) electrons. The normalized spacial score (nSPS) is 11.9. The van der Waals surface area contributed by atoms with E-state index in [9.17, 15) is 4.79 Å². The summed E-state index contributed by atoms with van der Waals surface area (Å²) in [6.45, 7) is 0. The van der Waals surface area contributed by atoms with Crippen LogP contribution in [0.3, 0.4) is 0 Å². The molecule has 1 rings (SSSR count). The topological polar surface area (TPSA) is 94.7 Å². The largest absolute Gasteiger partial charge is 0.481 e. The molecule has 15 heavy (non-hydrogen) atoms. The number of carbonyl (C=O) groups is 1. The number of rotatable bonds is 4. The summed E-state index contributed by atoms with van der Waals surface area (Å²) in [5, 5.41) is 8.74. The molecule has 0 aliphatic carbocycles. The highest BCUT2D eigenvalue weighted by Gasteiger charge is 2.16. The standard InChI is InChI=1S/C9H12N2O4/c1-14-6-3-5(8(10)9(12)13)4-7(11-6)15-2/h3-4,8H,10H2,1-2H3,(H,12,13). The van der Waals surface area contributed by atoms with Crippen LogP contribution in [0.2, 0.25) is 0 Å². The third kappa shape index (κ3) is 2.57. The lowest BCUT2D eigenvalue weighted by molar-refractivity contribution is -0.138.